The lowest BCUT2D eigenvalue weighted by molar-refractivity contribution is -0.142. The number of fused-ring (bicyclic) bond motifs is 3. The van der Waals surface area contributed by atoms with Crippen LogP contribution in [0.3, 0.4) is 0 Å². The van der Waals surface area contributed by atoms with Gasteiger partial charge in [0.2, 0.25) is 0 Å². The van der Waals surface area contributed by atoms with Crippen LogP contribution in [0.2, 0.25) is 0 Å². The van der Waals surface area contributed by atoms with Crippen LogP contribution in [0.1, 0.15) is 75.1 Å². The Bertz CT molecular complexity index is 802. The summed E-state index contributed by atoms with van der Waals surface area (Å²) >= 11 is 0. The minimum absolute atomic E-state index is 0.0907. The van der Waals surface area contributed by atoms with Crippen molar-refractivity contribution in [2.24, 2.45) is 5.92 Å². The summed E-state index contributed by atoms with van der Waals surface area (Å²) in [5.41, 5.74) is 5.43. The first-order valence-corrected chi connectivity index (χ1v) is 9.84. The molecular formula is C22H29NO2. The predicted octanol–water partition coefficient (Wildman–Crippen LogP) is 5.23. The molecule has 2 unspecified atom stereocenters. The topological polar surface area (TPSA) is 42.1 Å². The summed E-state index contributed by atoms with van der Waals surface area (Å²) < 4.78 is 5.05. The van der Waals surface area contributed by atoms with Crippen LogP contribution in [0, 0.1) is 5.92 Å². The van der Waals surface area contributed by atoms with E-state index in [2.05, 4.69) is 37.0 Å². The van der Waals surface area contributed by atoms with Crippen molar-refractivity contribution >= 4 is 16.9 Å². The first-order valence-electron chi connectivity index (χ1n) is 9.84. The third kappa shape index (κ3) is 2.59. The highest BCUT2D eigenvalue weighted by atomic mass is 16.5. The minimum Gasteiger partial charge on any atom is -0.469 e. The molecule has 0 radical (unpaired) electrons. The molecule has 0 spiro atoms. The molecule has 1 aromatic carbocycles. The molecule has 2 aliphatic rings. The molecule has 1 heterocycles. The number of H-pyrrole nitrogens is 1. The molecule has 0 bridgehead atoms. The lowest BCUT2D eigenvalue weighted by Crippen LogP contribution is -2.35. The Morgan fingerprint density at radius 2 is 2.08 bits per heavy atom. The third-order valence-corrected chi connectivity index (χ3v) is 6.75. The Balaban J connectivity index is 1.93. The summed E-state index contributed by atoms with van der Waals surface area (Å²) in [7, 11) is 1.50. The van der Waals surface area contributed by atoms with Gasteiger partial charge in [0.15, 0.2) is 0 Å². The van der Waals surface area contributed by atoms with E-state index in [9.17, 15) is 4.79 Å². The number of benzene rings is 1. The zero-order valence-corrected chi connectivity index (χ0v) is 15.7. The van der Waals surface area contributed by atoms with E-state index in [0.717, 1.165) is 25.2 Å². The summed E-state index contributed by atoms with van der Waals surface area (Å²) in [5.74, 6) is 1.41. The average Bonchev–Trinajstić information content (AvgIpc) is 3.40. The van der Waals surface area contributed by atoms with Crippen molar-refractivity contribution in [2.45, 2.75) is 70.1 Å². The fourth-order valence-electron chi connectivity index (χ4n) is 5.07. The Morgan fingerprint density at radius 3 is 2.72 bits per heavy atom. The van der Waals surface area contributed by atoms with Gasteiger partial charge in [-0.05, 0) is 61.5 Å². The zero-order valence-electron chi connectivity index (χ0n) is 15.7. The summed E-state index contributed by atoms with van der Waals surface area (Å²) in [6.45, 7) is 4.44. The van der Waals surface area contributed by atoms with Crippen molar-refractivity contribution in [3.8, 4) is 0 Å². The monoisotopic (exact) mass is 339 g/mol. The van der Waals surface area contributed by atoms with Crippen molar-refractivity contribution in [1.29, 1.82) is 0 Å². The maximum Gasteiger partial charge on any atom is 0.306 e. The first-order chi connectivity index (χ1) is 12.1. The van der Waals surface area contributed by atoms with Crippen molar-refractivity contribution in [1.82, 2.24) is 4.98 Å². The van der Waals surface area contributed by atoms with E-state index in [-0.39, 0.29) is 11.4 Å². The number of aryl methyl sites for hydroxylation is 1. The van der Waals surface area contributed by atoms with E-state index in [1.54, 1.807) is 0 Å². The molecule has 3 nitrogen and oxygen atoms in total. The fourth-order valence-corrected chi connectivity index (χ4v) is 5.07. The van der Waals surface area contributed by atoms with Crippen LogP contribution in [0.15, 0.2) is 18.2 Å². The zero-order chi connectivity index (χ0) is 17.6. The number of aromatic nitrogens is 1. The normalized spacial score (nSPS) is 25.8. The highest BCUT2D eigenvalue weighted by molar-refractivity contribution is 5.89. The first kappa shape index (κ1) is 16.7. The Morgan fingerprint density at radius 1 is 1.28 bits per heavy atom. The number of nitrogens with one attached hydrogen (secondary N) is 1. The molecule has 2 aromatic rings. The lowest BCUT2D eigenvalue weighted by Gasteiger charge is -2.39. The number of para-hydroxylation sites is 1. The van der Waals surface area contributed by atoms with Crippen LogP contribution < -0.4 is 0 Å². The number of carbonyl (C=O) groups excluding carboxylic acids is 1. The van der Waals surface area contributed by atoms with E-state index in [0.29, 0.717) is 12.3 Å². The third-order valence-electron chi connectivity index (χ3n) is 6.75. The van der Waals surface area contributed by atoms with Gasteiger partial charge in [-0.15, -0.1) is 0 Å². The van der Waals surface area contributed by atoms with Crippen LogP contribution in [0.4, 0.5) is 0 Å². The number of ether oxygens (including phenoxy) is 1. The standard InChI is InChI=1S/C22H29NO2/c1-4-14-7-6-8-17-19-16(15-9-10-15)11-12-22(5-2,13-18(24)25-3)21(19)23-20(14)17/h6-8,15-16,23H,4-5,9-13H2,1-3H3. The molecule has 1 fully saturated rings. The molecule has 0 amide bonds. The molecule has 134 valence electrons. The van der Waals surface area contributed by atoms with E-state index in [1.165, 1.54) is 54.1 Å². The highest BCUT2D eigenvalue weighted by Crippen LogP contribution is 2.56. The molecule has 25 heavy (non-hydrogen) atoms. The number of hydrogen-bond acceptors (Lipinski definition) is 2. The largest absolute Gasteiger partial charge is 0.469 e. The number of esters is 1. The second kappa shape index (κ2) is 6.19. The van der Waals surface area contributed by atoms with Crippen LogP contribution in [-0.4, -0.2) is 18.1 Å². The Kier molecular flexibility index (Phi) is 4.13. The van der Waals surface area contributed by atoms with Crippen LogP contribution in [0.5, 0.6) is 0 Å². The van der Waals surface area contributed by atoms with Gasteiger partial charge in [0.1, 0.15) is 0 Å². The summed E-state index contributed by atoms with van der Waals surface area (Å²) in [6.07, 6.45) is 7.49. The fraction of sp³-hybridized carbons (Fsp3) is 0.591. The SMILES string of the molecule is CCc1cccc2c3c([nH]c12)C(CC)(CC(=O)OC)CCC3C1CC1. The Hall–Kier alpha value is -1.77. The second-order valence-corrected chi connectivity index (χ2v) is 7.98. The maximum absolute atomic E-state index is 12.2. The molecule has 3 heteroatoms. The van der Waals surface area contributed by atoms with Gasteiger partial charge in [-0.3, -0.25) is 4.79 Å². The lowest BCUT2D eigenvalue weighted by atomic mass is 9.65. The molecule has 4 rings (SSSR count). The molecular weight excluding hydrogens is 310 g/mol. The molecule has 1 aromatic heterocycles. The molecule has 1 saturated carbocycles. The molecule has 1 N–H and O–H groups in total. The number of hydrogen-bond donors (Lipinski definition) is 1. The quantitative estimate of drug-likeness (QED) is 0.758. The van der Waals surface area contributed by atoms with Crippen LogP contribution in [0.25, 0.3) is 10.9 Å². The summed E-state index contributed by atoms with van der Waals surface area (Å²) in [6, 6.07) is 6.70. The van der Waals surface area contributed by atoms with Crippen molar-refractivity contribution in [3.05, 3.63) is 35.0 Å². The Labute approximate surface area is 150 Å². The van der Waals surface area contributed by atoms with Gasteiger partial charge in [-0.1, -0.05) is 32.0 Å². The molecule has 2 atom stereocenters. The average molecular weight is 339 g/mol. The molecule has 0 saturated heterocycles. The molecule has 0 aliphatic heterocycles. The summed E-state index contributed by atoms with van der Waals surface area (Å²) in [5, 5.41) is 1.40. The van der Waals surface area contributed by atoms with Crippen molar-refractivity contribution < 1.29 is 9.53 Å². The van der Waals surface area contributed by atoms with E-state index in [4.69, 9.17) is 4.74 Å². The smallest absolute Gasteiger partial charge is 0.306 e. The van der Waals surface area contributed by atoms with Gasteiger partial charge in [0, 0.05) is 22.0 Å². The van der Waals surface area contributed by atoms with Gasteiger partial charge in [-0.25, -0.2) is 0 Å². The van der Waals surface area contributed by atoms with E-state index in [1.807, 2.05) is 0 Å². The van der Waals surface area contributed by atoms with Gasteiger partial charge >= 0.3 is 5.97 Å². The summed E-state index contributed by atoms with van der Waals surface area (Å²) in [4.78, 5) is 16.0. The second-order valence-electron chi connectivity index (χ2n) is 7.98. The van der Waals surface area contributed by atoms with E-state index >= 15 is 0 Å². The van der Waals surface area contributed by atoms with Gasteiger partial charge < -0.3 is 9.72 Å². The highest BCUT2D eigenvalue weighted by Gasteiger charge is 2.46. The van der Waals surface area contributed by atoms with Gasteiger partial charge in [0.05, 0.1) is 13.5 Å². The maximum atomic E-state index is 12.2. The number of carbonyl (C=O) groups is 1. The number of rotatable bonds is 5. The van der Waals surface area contributed by atoms with Crippen LogP contribution in [-0.2, 0) is 21.4 Å². The molecule has 2 aliphatic carbocycles. The van der Waals surface area contributed by atoms with Gasteiger partial charge in [-0.2, -0.15) is 0 Å². The minimum atomic E-state index is -0.0994. The van der Waals surface area contributed by atoms with Crippen molar-refractivity contribution in [3.63, 3.8) is 0 Å². The predicted molar refractivity (Wildman–Crippen MR) is 101 cm³/mol. The van der Waals surface area contributed by atoms with Crippen molar-refractivity contribution in [2.75, 3.05) is 7.11 Å². The van der Waals surface area contributed by atoms with Gasteiger partial charge in [0.25, 0.3) is 0 Å². The van der Waals surface area contributed by atoms with Crippen LogP contribution >= 0.6 is 0 Å². The number of aromatic amines is 1. The number of methoxy groups -OCH3 is 1. The van der Waals surface area contributed by atoms with E-state index < -0.39 is 0 Å².